The van der Waals surface area contributed by atoms with Gasteiger partial charge in [0.25, 0.3) is 0 Å². The van der Waals surface area contributed by atoms with E-state index in [2.05, 4.69) is 20.9 Å². The van der Waals surface area contributed by atoms with Gasteiger partial charge >= 0.3 is 5.97 Å². The summed E-state index contributed by atoms with van der Waals surface area (Å²) in [5.74, 6) is -0.922. The summed E-state index contributed by atoms with van der Waals surface area (Å²) in [6.45, 7) is 0. The average molecular weight is 321 g/mol. The summed E-state index contributed by atoms with van der Waals surface area (Å²) in [4.78, 5) is 15.8. The summed E-state index contributed by atoms with van der Waals surface area (Å²) in [6.07, 6.45) is 5.99. The molecule has 0 spiro atoms. The maximum Gasteiger partial charge on any atom is 0.337 e. The minimum atomic E-state index is -0.922. The first-order chi connectivity index (χ1) is 9.16. The number of imidazole rings is 1. The van der Waals surface area contributed by atoms with E-state index in [9.17, 15) is 9.90 Å². The summed E-state index contributed by atoms with van der Waals surface area (Å²) >= 11 is 3.31. The van der Waals surface area contributed by atoms with Crippen LogP contribution in [0.5, 0.6) is 0 Å². The zero-order valence-corrected chi connectivity index (χ0v) is 11.9. The van der Waals surface area contributed by atoms with Crippen molar-refractivity contribution in [1.29, 1.82) is 0 Å². The second-order valence-corrected chi connectivity index (χ2v) is 5.60. The molecule has 0 bridgehead atoms. The fraction of sp³-hybridized carbons (Fsp3) is 0.286. The van der Waals surface area contributed by atoms with Gasteiger partial charge in [-0.3, -0.25) is 0 Å². The number of halogens is 1. The van der Waals surface area contributed by atoms with Gasteiger partial charge in [0.2, 0.25) is 0 Å². The topological polar surface area (TPSA) is 55.1 Å². The first-order valence-electron chi connectivity index (χ1n) is 6.25. The van der Waals surface area contributed by atoms with Crippen molar-refractivity contribution in [2.75, 3.05) is 0 Å². The third-order valence-corrected chi connectivity index (χ3v) is 3.97. The summed E-state index contributed by atoms with van der Waals surface area (Å²) in [6, 6.07) is 5.31. The molecule has 3 rings (SSSR count). The first-order valence-corrected chi connectivity index (χ1v) is 7.04. The Labute approximate surface area is 119 Å². The molecule has 1 aromatic heterocycles. The van der Waals surface area contributed by atoms with E-state index in [4.69, 9.17) is 0 Å². The fourth-order valence-corrected chi connectivity index (χ4v) is 2.93. The van der Waals surface area contributed by atoms with Crippen LogP contribution in [0.4, 0.5) is 0 Å². The van der Waals surface area contributed by atoms with Gasteiger partial charge in [-0.05, 0) is 43.9 Å². The van der Waals surface area contributed by atoms with Gasteiger partial charge in [-0.2, -0.15) is 0 Å². The number of carbonyl (C=O) groups is 1. The van der Waals surface area contributed by atoms with Crippen molar-refractivity contribution in [1.82, 2.24) is 9.55 Å². The normalized spacial score (nSPS) is 14.2. The van der Waals surface area contributed by atoms with E-state index in [-0.39, 0.29) is 0 Å². The van der Waals surface area contributed by atoms with Crippen LogP contribution in [0.3, 0.4) is 0 Å². The molecule has 0 unspecified atom stereocenters. The number of benzene rings is 1. The highest BCUT2D eigenvalue weighted by atomic mass is 79.9. The highest BCUT2D eigenvalue weighted by Gasteiger charge is 2.19. The SMILES string of the molecule is O=C(O)c1cc(Br)ccc1-n1cnc2c1CCCC2. The molecule has 1 aromatic carbocycles. The van der Waals surface area contributed by atoms with Crippen LogP contribution in [-0.2, 0) is 12.8 Å². The van der Waals surface area contributed by atoms with Gasteiger partial charge < -0.3 is 9.67 Å². The lowest BCUT2D eigenvalue weighted by Gasteiger charge is -2.15. The van der Waals surface area contributed by atoms with Crippen molar-refractivity contribution in [3.8, 4) is 5.69 Å². The Hall–Kier alpha value is -1.62. The van der Waals surface area contributed by atoms with Crippen LogP contribution >= 0.6 is 15.9 Å². The maximum absolute atomic E-state index is 11.4. The fourth-order valence-electron chi connectivity index (χ4n) is 2.57. The van der Waals surface area contributed by atoms with Gasteiger partial charge in [0, 0.05) is 10.2 Å². The summed E-state index contributed by atoms with van der Waals surface area (Å²) in [5.41, 5.74) is 3.23. The molecule has 1 aliphatic carbocycles. The number of aromatic nitrogens is 2. The number of aromatic carboxylic acids is 1. The van der Waals surface area contributed by atoms with Gasteiger partial charge in [0.05, 0.1) is 23.3 Å². The number of nitrogens with zero attached hydrogens (tertiary/aromatic N) is 2. The molecule has 0 saturated carbocycles. The van der Waals surface area contributed by atoms with Gasteiger partial charge in [-0.1, -0.05) is 15.9 Å². The molecule has 5 heteroatoms. The summed E-state index contributed by atoms with van der Waals surface area (Å²) in [7, 11) is 0. The van der Waals surface area contributed by atoms with E-state index in [1.54, 1.807) is 12.4 Å². The number of carboxylic acids is 1. The molecule has 0 atom stereocenters. The highest BCUT2D eigenvalue weighted by molar-refractivity contribution is 9.10. The van der Waals surface area contributed by atoms with Gasteiger partial charge in [-0.15, -0.1) is 0 Å². The van der Waals surface area contributed by atoms with Crippen molar-refractivity contribution < 1.29 is 9.90 Å². The minimum Gasteiger partial charge on any atom is -0.478 e. The van der Waals surface area contributed by atoms with Crippen LogP contribution in [0.25, 0.3) is 5.69 Å². The van der Waals surface area contributed by atoms with Crippen molar-refractivity contribution in [2.45, 2.75) is 25.7 Å². The molecule has 2 aromatic rings. The maximum atomic E-state index is 11.4. The first kappa shape index (κ1) is 12.4. The minimum absolute atomic E-state index is 0.292. The van der Waals surface area contributed by atoms with Crippen molar-refractivity contribution in [3.05, 3.63) is 46.0 Å². The summed E-state index contributed by atoms with van der Waals surface area (Å²) < 4.78 is 2.69. The molecule has 0 fully saturated rings. The zero-order chi connectivity index (χ0) is 13.4. The van der Waals surface area contributed by atoms with Gasteiger partial charge in [0.15, 0.2) is 0 Å². The Balaban J connectivity index is 2.17. The summed E-state index contributed by atoms with van der Waals surface area (Å²) in [5, 5.41) is 9.34. The second-order valence-electron chi connectivity index (χ2n) is 4.68. The standard InChI is InChI=1S/C14H13BrN2O2/c15-9-5-6-12(10(7-9)14(18)19)17-8-16-11-3-1-2-4-13(11)17/h5-8H,1-4H2,(H,18,19). The smallest absolute Gasteiger partial charge is 0.337 e. The number of fused-ring (bicyclic) bond motifs is 1. The lowest BCUT2D eigenvalue weighted by molar-refractivity contribution is 0.0697. The molecule has 0 amide bonds. The van der Waals surface area contributed by atoms with Crippen LogP contribution in [0, 0.1) is 0 Å². The third kappa shape index (κ3) is 2.18. The van der Waals surface area contributed by atoms with E-state index in [0.717, 1.165) is 41.5 Å². The van der Waals surface area contributed by atoms with Crippen LogP contribution in [0.1, 0.15) is 34.6 Å². The van der Waals surface area contributed by atoms with E-state index >= 15 is 0 Å². The Morgan fingerprint density at radius 3 is 2.89 bits per heavy atom. The Bertz CT molecular complexity index is 649. The number of hydrogen-bond acceptors (Lipinski definition) is 2. The highest BCUT2D eigenvalue weighted by Crippen LogP contribution is 2.26. The third-order valence-electron chi connectivity index (χ3n) is 3.48. The van der Waals surface area contributed by atoms with E-state index in [0.29, 0.717) is 11.3 Å². The van der Waals surface area contributed by atoms with Crippen LogP contribution in [-0.4, -0.2) is 20.6 Å². The predicted octanol–water partition coefficient (Wildman–Crippen LogP) is 3.21. The van der Waals surface area contributed by atoms with Gasteiger partial charge in [-0.25, -0.2) is 9.78 Å². The van der Waals surface area contributed by atoms with E-state index in [1.165, 1.54) is 0 Å². The second kappa shape index (κ2) is 4.81. The lowest BCUT2D eigenvalue weighted by Crippen LogP contribution is -2.10. The largest absolute Gasteiger partial charge is 0.478 e. The molecule has 1 aliphatic rings. The number of aryl methyl sites for hydroxylation is 1. The van der Waals surface area contributed by atoms with Gasteiger partial charge in [0.1, 0.15) is 0 Å². The molecule has 0 saturated heterocycles. The van der Waals surface area contributed by atoms with Crippen LogP contribution in [0.2, 0.25) is 0 Å². The molecular weight excluding hydrogens is 308 g/mol. The van der Waals surface area contributed by atoms with Crippen LogP contribution < -0.4 is 0 Å². The van der Waals surface area contributed by atoms with Crippen molar-refractivity contribution in [2.24, 2.45) is 0 Å². The number of carboxylic acid groups (broad SMARTS) is 1. The molecule has 0 radical (unpaired) electrons. The molecule has 1 N–H and O–H groups in total. The molecular formula is C14H13BrN2O2. The molecule has 1 heterocycles. The Morgan fingerprint density at radius 2 is 2.11 bits per heavy atom. The molecule has 19 heavy (non-hydrogen) atoms. The molecule has 0 aliphatic heterocycles. The zero-order valence-electron chi connectivity index (χ0n) is 10.3. The van der Waals surface area contributed by atoms with Crippen molar-refractivity contribution >= 4 is 21.9 Å². The van der Waals surface area contributed by atoms with Crippen LogP contribution in [0.15, 0.2) is 29.0 Å². The van der Waals surface area contributed by atoms with Crippen molar-refractivity contribution in [3.63, 3.8) is 0 Å². The number of hydrogen-bond donors (Lipinski definition) is 1. The quantitative estimate of drug-likeness (QED) is 0.924. The molecule has 98 valence electrons. The Kier molecular flexibility index (Phi) is 3.14. The lowest BCUT2D eigenvalue weighted by atomic mass is 10.0. The predicted molar refractivity (Wildman–Crippen MR) is 74.9 cm³/mol. The average Bonchev–Trinajstić information content (AvgIpc) is 2.82. The van der Waals surface area contributed by atoms with E-state index in [1.807, 2.05) is 16.7 Å². The molecule has 4 nitrogen and oxygen atoms in total. The monoisotopic (exact) mass is 320 g/mol. The number of rotatable bonds is 2. The Morgan fingerprint density at radius 1 is 1.32 bits per heavy atom. The van der Waals surface area contributed by atoms with E-state index < -0.39 is 5.97 Å².